The van der Waals surface area contributed by atoms with E-state index < -0.39 is 16.6 Å². The summed E-state index contributed by atoms with van der Waals surface area (Å²) in [5.41, 5.74) is -2.30. The van der Waals surface area contributed by atoms with E-state index >= 15 is 0 Å². The van der Waals surface area contributed by atoms with E-state index in [2.05, 4.69) is 0 Å². The molecule has 5 nitrogen and oxygen atoms in total. The number of rotatable bonds is 3. The van der Waals surface area contributed by atoms with Crippen LogP contribution in [0.4, 0.5) is 0 Å². The molecule has 1 saturated heterocycles. The van der Waals surface area contributed by atoms with E-state index in [0.717, 1.165) is 12.8 Å². The molecular weight excluding hydrogens is 282 g/mol. The van der Waals surface area contributed by atoms with E-state index in [9.17, 15) is 14.7 Å². The highest BCUT2D eigenvalue weighted by Crippen LogP contribution is 2.58. The molecule has 0 aromatic rings. The van der Waals surface area contributed by atoms with Crippen LogP contribution in [-0.4, -0.2) is 46.2 Å². The summed E-state index contributed by atoms with van der Waals surface area (Å²) in [7, 11) is 0. The number of esters is 1. The molecule has 1 heterocycles. The Hall–Kier alpha value is -1.10. The Bertz CT molecular complexity index is 477. The first-order valence-electron chi connectivity index (χ1n) is 8.42. The van der Waals surface area contributed by atoms with Crippen LogP contribution >= 0.6 is 0 Å². The maximum atomic E-state index is 12.5. The summed E-state index contributed by atoms with van der Waals surface area (Å²) >= 11 is 0. The Balaban J connectivity index is 1.64. The topological polar surface area (TPSA) is 66.8 Å². The third kappa shape index (κ3) is 2.75. The molecule has 0 aromatic carbocycles. The average Bonchev–Trinajstić information content (AvgIpc) is 3.27. The first-order valence-corrected chi connectivity index (χ1v) is 8.42. The first-order chi connectivity index (χ1) is 10.2. The predicted octanol–water partition coefficient (Wildman–Crippen LogP) is 1.87. The Morgan fingerprint density at radius 2 is 1.64 bits per heavy atom. The predicted molar refractivity (Wildman–Crippen MR) is 81.0 cm³/mol. The zero-order chi connectivity index (χ0) is 16.2. The monoisotopic (exact) mass is 309 g/mol. The normalized spacial score (nSPS) is 26.5. The van der Waals surface area contributed by atoms with Gasteiger partial charge in [-0.25, -0.2) is 0 Å². The lowest BCUT2D eigenvalue weighted by molar-refractivity contribution is -0.178. The van der Waals surface area contributed by atoms with Gasteiger partial charge in [0.2, 0.25) is 5.91 Å². The fraction of sp³-hybridized carbons (Fsp3) is 0.882. The smallest absolute Gasteiger partial charge is 0.315 e. The van der Waals surface area contributed by atoms with Gasteiger partial charge in [-0.15, -0.1) is 0 Å². The summed E-state index contributed by atoms with van der Waals surface area (Å²) in [6, 6.07) is 0. The maximum Gasteiger partial charge on any atom is 0.315 e. The molecular formula is C17H27NO4. The lowest BCUT2D eigenvalue weighted by Crippen LogP contribution is -2.54. The molecule has 0 aromatic heterocycles. The standard InChI is InChI=1S/C17H27NO4/c1-15(2,3)22-14(20)16(6-7-16)17(21)8-10-18(11-9-17)13(19)12-4-5-12/h12,21H,4-11H2,1-3H3. The van der Waals surface area contributed by atoms with Gasteiger partial charge in [0, 0.05) is 19.0 Å². The van der Waals surface area contributed by atoms with Gasteiger partial charge in [0.15, 0.2) is 0 Å². The van der Waals surface area contributed by atoms with Crippen LogP contribution in [0, 0.1) is 11.3 Å². The molecule has 3 rings (SSSR count). The van der Waals surface area contributed by atoms with Crippen LogP contribution in [0.1, 0.15) is 59.3 Å². The Labute approximate surface area is 132 Å². The molecule has 1 aliphatic heterocycles. The zero-order valence-corrected chi connectivity index (χ0v) is 13.9. The van der Waals surface area contributed by atoms with Crippen molar-refractivity contribution in [2.75, 3.05) is 13.1 Å². The maximum absolute atomic E-state index is 12.5. The number of nitrogens with zero attached hydrogens (tertiary/aromatic N) is 1. The first kappa shape index (κ1) is 15.8. The highest BCUT2D eigenvalue weighted by molar-refractivity contribution is 5.83. The van der Waals surface area contributed by atoms with Crippen molar-refractivity contribution < 1.29 is 19.4 Å². The lowest BCUT2D eigenvalue weighted by atomic mass is 9.76. The van der Waals surface area contributed by atoms with E-state index in [1.54, 1.807) is 0 Å². The second kappa shape index (κ2) is 4.95. The highest BCUT2D eigenvalue weighted by atomic mass is 16.6. The van der Waals surface area contributed by atoms with E-state index in [1.807, 2.05) is 25.7 Å². The van der Waals surface area contributed by atoms with Crippen LogP contribution in [0.5, 0.6) is 0 Å². The van der Waals surface area contributed by atoms with Gasteiger partial charge in [0.25, 0.3) is 0 Å². The van der Waals surface area contributed by atoms with Gasteiger partial charge >= 0.3 is 5.97 Å². The van der Waals surface area contributed by atoms with E-state index in [-0.39, 0.29) is 17.8 Å². The third-order valence-electron chi connectivity index (χ3n) is 5.26. The number of ether oxygens (including phenoxy) is 1. The van der Waals surface area contributed by atoms with Crippen molar-refractivity contribution >= 4 is 11.9 Å². The van der Waals surface area contributed by atoms with Gasteiger partial charge < -0.3 is 14.7 Å². The molecule has 1 amide bonds. The van der Waals surface area contributed by atoms with Crippen LogP contribution < -0.4 is 0 Å². The van der Waals surface area contributed by atoms with Crippen molar-refractivity contribution in [3.63, 3.8) is 0 Å². The summed E-state index contributed by atoms with van der Waals surface area (Å²) in [6.07, 6.45) is 4.34. The van der Waals surface area contributed by atoms with Crippen molar-refractivity contribution in [3.05, 3.63) is 0 Å². The number of piperidine rings is 1. The lowest BCUT2D eigenvalue weighted by Gasteiger charge is -2.43. The van der Waals surface area contributed by atoms with Crippen LogP contribution in [-0.2, 0) is 14.3 Å². The minimum atomic E-state index is -1.02. The molecule has 0 radical (unpaired) electrons. The minimum absolute atomic E-state index is 0.215. The third-order valence-corrected chi connectivity index (χ3v) is 5.26. The molecule has 124 valence electrons. The van der Waals surface area contributed by atoms with Crippen LogP contribution in [0.2, 0.25) is 0 Å². The highest BCUT2D eigenvalue weighted by Gasteiger charge is 2.65. The molecule has 22 heavy (non-hydrogen) atoms. The number of likely N-dealkylation sites (tertiary alicyclic amines) is 1. The summed E-state index contributed by atoms with van der Waals surface area (Å²) < 4.78 is 5.53. The molecule has 1 N–H and O–H groups in total. The van der Waals surface area contributed by atoms with E-state index in [0.29, 0.717) is 38.8 Å². The average molecular weight is 309 g/mol. The quantitative estimate of drug-likeness (QED) is 0.808. The number of hydrogen-bond acceptors (Lipinski definition) is 4. The molecule has 3 aliphatic rings. The minimum Gasteiger partial charge on any atom is -0.459 e. The van der Waals surface area contributed by atoms with Gasteiger partial charge in [0.1, 0.15) is 5.60 Å². The SMILES string of the molecule is CC(C)(C)OC(=O)C1(C2(O)CCN(C(=O)C3CC3)CC2)CC1. The molecule has 5 heteroatoms. The molecule has 0 unspecified atom stereocenters. The molecule has 2 saturated carbocycles. The van der Waals surface area contributed by atoms with Crippen LogP contribution in [0.3, 0.4) is 0 Å². The Morgan fingerprint density at radius 1 is 1.09 bits per heavy atom. The van der Waals surface area contributed by atoms with Crippen LogP contribution in [0.25, 0.3) is 0 Å². The number of hydrogen-bond donors (Lipinski definition) is 1. The summed E-state index contributed by atoms with van der Waals surface area (Å²) in [4.78, 5) is 26.5. The Morgan fingerprint density at radius 3 is 2.05 bits per heavy atom. The van der Waals surface area contributed by atoms with Gasteiger partial charge in [-0.05, 0) is 59.3 Å². The van der Waals surface area contributed by atoms with E-state index in [1.165, 1.54) is 0 Å². The van der Waals surface area contributed by atoms with Crippen molar-refractivity contribution in [2.24, 2.45) is 11.3 Å². The summed E-state index contributed by atoms with van der Waals surface area (Å²) in [5.74, 6) is 0.167. The van der Waals surface area contributed by atoms with Gasteiger partial charge in [-0.2, -0.15) is 0 Å². The van der Waals surface area contributed by atoms with Crippen molar-refractivity contribution in [2.45, 2.75) is 70.5 Å². The number of carbonyl (C=O) groups is 2. The van der Waals surface area contributed by atoms with Crippen LogP contribution in [0.15, 0.2) is 0 Å². The number of amides is 1. The van der Waals surface area contributed by atoms with Crippen molar-refractivity contribution in [1.29, 1.82) is 0 Å². The summed E-state index contributed by atoms with van der Waals surface area (Å²) in [5, 5.41) is 11.0. The van der Waals surface area contributed by atoms with E-state index in [4.69, 9.17) is 4.74 Å². The molecule has 0 bridgehead atoms. The summed E-state index contributed by atoms with van der Waals surface area (Å²) in [6.45, 7) is 6.65. The second-order valence-corrected chi connectivity index (χ2v) is 8.22. The zero-order valence-electron chi connectivity index (χ0n) is 13.9. The molecule has 2 aliphatic carbocycles. The van der Waals surface area contributed by atoms with Gasteiger partial charge in [0.05, 0.1) is 11.0 Å². The molecule has 0 spiro atoms. The Kier molecular flexibility index (Phi) is 3.55. The fourth-order valence-electron chi connectivity index (χ4n) is 3.52. The van der Waals surface area contributed by atoms with Crippen molar-refractivity contribution in [1.82, 2.24) is 4.90 Å². The largest absolute Gasteiger partial charge is 0.459 e. The number of aliphatic hydroxyl groups is 1. The fourth-order valence-corrected chi connectivity index (χ4v) is 3.52. The van der Waals surface area contributed by atoms with Gasteiger partial charge in [-0.3, -0.25) is 9.59 Å². The molecule has 0 atom stereocenters. The molecule has 3 fully saturated rings. The second-order valence-electron chi connectivity index (χ2n) is 8.22. The number of carbonyl (C=O) groups excluding carboxylic acids is 2. The van der Waals surface area contributed by atoms with Gasteiger partial charge in [-0.1, -0.05) is 0 Å². The van der Waals surface area contributed by atoms with Crippen molar-refractivity contribution in [3.8, 4) is 0 Å².